The maximum absolute atomic E-state index is 5.65. The Kier molecular flexibility index (Phi) is 3.08. The van der Waals surface area contributed by atoms with Gasteiger partial charge in [0.25, 0.3) is 0 Å². The van der Waals surface area contributed by atoms with Crippen LogP contribution in [-0.2, 0) is 6.54 Å². The highest BCUT2D eigenvalue weighted by Crippen LogP contribution is 2.36. The Balaban J connectivity index is 1.71. The lowest BCUT2D eigenvalue weighted by Gasteiger charge is -2.19. The van der Waals surface area contributed by atoms with Crippen LogP contribution in [0.2, 0.25) is 0 Å². The summed E-state index contributed by atoms with van der Waals surface area (Å²) in [5.41, 5.74) is 1.83. The number of thiazole rings is 1. The maximum atomic E-state index is 5.65. The number of fused-ring (bicyclic) bond motifs is 2. The summed E-state index contributed by atoms with van der Waals surface area (Å²) in [6.45, 7) is 1.90. The fourth-order valence-corrected chi connectivity index (χ4v) is 2.88. The molecule has 6 heteroatoms. The molecule has 1 aliphatic heterocycles. The predicted octanol–water partition coefficient (Wildman–Crippen LogP) is 3.07. The first kappa shape index (κ1) is 12.4. The molecule has 0 fully saturated rings. The first-order valence-electron chi connectivity index (χ1n) is 6.70. The molecule has 106 valence electrons. The third kappa shape index (κ3) is 2.38. The molecule has 4 rings (SSSR count). The van der Waals surface area contributed by atoms with Crippen LogP contribution in [0.1, 0.15) is 4.88 Å². The highest BCUT2D eigenvalue weighted by atomic mass is 32.1. The van der Waals surface area contributed by atoms with E-state index in [0.717, 1.165) is 28.1 Å². The van der Waals surface area contributed by atoms with E-state index in [9.17, 15) is 0 Å². The maximum Gasteiger partial charge on any atom is 0.162 e. The third-order valence-electron chi connectivity index (χ3n) is 3.34. The summed E-state index contributed by atoms with van der Waals surface area (Å²) in [6, 6.07) is 5.97. The van der Waals surface area contributed by atoms with Crippen molar-refractivity contribution in [1.29, 1.82) is 0 Å². The van der Waals surface area contributed by atoms with Gasteiger partial charge in [-0.05, 0) is 23.6 Å². The largest absolute Gasteiger partial charge is 0.486 e. The molecular formula is C15H13N3O2S. The molecule has 1 aliphatic rings. The average Bonchev–Trinajstić information content (AvgIpc) is 3.04. The van der Waals surface area contributed by atoms with E-state index in [1.54, 1.807) is 17.5 Å². The molecule has 21 heavy (non-hydrogen) atoms. The van der Waals surface area contributed by atoms with Crippen LogP contribution in [0.5, 0.6) is 11.5 Å². The Morgan fingerprint density at radius 1 is 1.19 bits per heavy atom. The molecule has 0 amide bonds. The number of ether oxygens (including phenoxy) is 2. The van der Waals surface area contributed by atoms with Crippen molar-refractivity contribution in [2.24, 2.45) is 0 Å². The minimum absolute atomic E-state index is 0.586. The number of pyridine rings is 1. The molecule has 1 N–H and O–H groups in total. The van der Waals surface area contributed by atoms with E-state index in [0.29, 0.717) is 19.8 Å². The zero-order valence-corrected chi connectivity index (χ0v) is 12.0. The molecule has 0 bridgehead atoms. The molecule has 5 nitrogen and oxygen atoms in total. The predicted molar refractivity (Wildman–Crippen MR) is 82.2 cm³/mol. The SMILES string of the molecule is c1cc2cc3c(cc2c(NCc2cncs2)n1)OCCO3. The van der Waals surface area contributed by atoms with Crippen LogP contribution in [0, 0.1) is 0 Å². The minimum Gasteiger partial charge on any atom is -0.486 e. The van der Waals surface area contributed by atoms with Crippen LogP contribution in [0.25, 0.3) is 10.8 Å². The number of aromatic nitrogens is 2. The molecule has 0 saturated carbocycles. The third-order valence-corrected chi connectivity index (χ3v) is 4.12. The minimum atomic E-state index is 0.586. The zero-order chi connectivity index (χ0) is 14.1. The van der Waals surface area contributed by atoms with Gasteiger partial charge in [-0.15, -0.1) is 11.3 Å². The lowest BCUT2D eigenvalue weighted by atomic mass is 10.1. The zero-order valence-electron chi connectivity index (χ0n) is 11.2. The summed E-state index contributed by atoms with van der Waals surface area (Å²) in [7, 11) is 0. The van der Waals surface area contributed by atoms with Crippen molar-refractivity contribution in [1.82, 2.24) is 9.97 Å². The summed E-state index contributed by atoms with van der Waals surface area (Å²) in [5.74, 6) is 2.42. The Labute approximate surface area is 125 Å². The van der Waals surface area contributed by atoms with Gasteiger partial charge in [-0.2, -0.15) is 0 Å². The van der Waals surface area contributed by atoms with Crippen LogP contribution in [0.4, 0.5) is 5.82 Å². The molecule has 3 aromatic rings. The summed E-state index contributed by atoms with van der Waals surface area (Å²) in [4.78, 5) is 9.68. The number of nitrogens with zero attached hydrogens (tertiary/aromatic N) is 2. The quantitative estimate of drug-likeness (QED) is 0.805. The van der Waals surface area contributed by atoms with Gasteiger partial charge in [0.05, 0.1) is 12.1 Å². The van der Waals surface area contributed by atoms with Crippen molar-refractivity contribution >= 4 is 27.9 Å². The second-order valence-corrected chi connectivity index (χ2v) is 5.67. The fourth-order valence-electron chi connectivity index (χ4n) is 2.35. The Morgan fingerprint density at radius 2 is 2.05 bits per heavy atom. The molecule has 0 radical (unpaired) electrons. The number of hydrogen-bond acceptors (Lipinski definition) is 6. The van der Waals surface area contributed by atoms with Crippen molar-refractivity contribution in [3.05, 3.63) is 41.0 Å². The lowest BCUT2D eigenvalue weighted by Crippen LogP contribution is -2.15. The van der Waals surface area contributed by atoms with E-state index in [4.69, 9.17) is 9.47 Å². The molecule has 0 atom stereocenters. The second kappa shape index (κ2) is 5.21. The van der Waals surface area contributed by atoms with Gasteiger partial charge in [-0.25, -0.2) is 4.98 Å². The number of rotatable bonds is 3. The molecule has 1 aromatic carbocycles. The molecule has 0 saturated heterocycles. The molecular weight excluding hydrogens is 286 g/mol. The lowest BCUT2D eigenvalue weighted by molar-refractivity contribution is 0.172. The molecule has 0 aliphatic carbocycles. The number of hydrogen-bond donors (Lipinski definition) is 1. The standard InChI is InChI=1S/C15H13N3O2S/c1-2-17-15(18-8-11-7-16-9-21-11)12-6-14-13(5-10(1)12)19-3-4-20-14/h1-2,5-7,9H,3-4,8H2,(H,17,18). The topological polar surface area (TPSA) is 56.3 Å². The van der Waals surface area contributed by atoms with E-state index in [-0.39, 0.29) is 0 Å². The van der Waals surface area contributed by atoms with E-state index < -0.39 is 0 Å². The van der Waals surface area contributed by atoms with Crippen molar-refractivity contribution in [2.75, 3.05) is 18.5 Å². The average molecular weight is 299 g/mol. The van der Waals surface area contributed by atoms with Gasteiger partial charge in [0.15, 0.2) is 11.5 Å². The summed E-state index contributed by atoms with van der Waals surface area (Å²) in [5, 5.41) is 5.48. The number of anilines is 1. The van der Waals surface area contributed by atoms with Crippen LogP contribution >= 0.6 is 11.3 Å². The van der Waals surface area contributed by atoms with Crippen LogP contribution in [0.3, 0.4) is 0 Å². The van der Waals surface area contributed by atoms with Gasteiger partial charge in [0, 0.05) is 22.7 Å². The Hall–Kier alpha value is -2.34. The van der Waals surface area contributed by atoms with Crippen LogP contribution < -0.4 is 14.8 Å². The second-order valence-electron chi connectivity index (χ2n) is 4.70. The van der Waals surface area contributed by atoms with E-state index in [2.05, 4.69) is 15.3 Å². The fraction of sp³-hybridized carbons (Fsp3) is 0.200. The Bertz CT molecular complexity index is 774. The smallest absolute Gasteiger partial charge is 0.162 e. The normalized spacial score (nSPS) is 13.3. The van der Waals surface area contributed by atoms with E-state index >= 15 is 0 Å². The van der Waals surface area contributed by atoms with Crippen molar-refractivity contribution in [3.8, 4) is 11.5 Å². The van der Waals surface area contributed by atoms with Gasteiger partial charge in [0.1, 0.15) is 19.0 Å². The highest BCUT2D eigenvalue weighted by Gasteiger charge is 2.14. The first-order chi connectivity index (χ1) is 10.4. The van der Waals surface area contributed by atoms with Gasteiger partial charge in [-0.3, -0.25) is 4.98 Å². The Morgan fingerprint density at radius 3 is 2.86 bits per heavy atom. The molecule has 3 heterocycles. The van der Waals surface area contributed by atoms with Crippen molar-refractivity contribution in [2.45, 2.75) is 6.54 Å². The van der Waals surface area contributed by atoms with Gasteiger partial charge in [-0.1, -0.05) is 0 Å². The summed E-state index contributed by atoms with van der Waals surface area (Å²) < 4.78 is 11.3. The molecule has 2 aromatic heterocycles. The van der Waals surface area contributed by atoms with Crippen molar-refractivity contribution < 1.29 is 9.47 Å². The summed E-state index contributed by atoms with van der Waals surface area (Å²) in [6.07, 6.45) is 3.66. The van der Waals surface area contributed by atoms with Crippen LogP contribution in [0.15, 0.2) is 36.1 Å². The number of nitrogens with one attached hydrogen (secondary N) is 1. The van der Waals surface area contributed by atoms with E-state index in [1.165, 1.54) is 4.88 Å². The van der Waals surface area contributed by atoms with Crippen molar-refractivity contribution in [3.63, 3.8) is 0 Å². The van der Waals surface area contributed by atoms with Gasteiger partial charge >= 0.3 is 0 Å². The highest BCUT2D eigenvalue weighted by molar-refractivity contribution is 7.09. The first-order valence-corrected chi connectivity index (χ1v) is 7.58. The summed E-state index contributed by atoms with van der Waals surface area (Å²) >= 11 is 1.62. The van der Waals surface area contributed by atoms with Gasteiger partial charge < -0.3 is 14.8 Å². The number of benzene rings is 1. The molecule has 0 unspecified atom stereocenters. The van der Waals surface area contributed by atoms with Gasteiger partial charge in [0.2, 0.25) is 0 Å². The van der Waals surface area contributed by atoms with Crippen LogP contribution in [-0.4, -0.2) is 23.2 Å². The molecule has 0 spiro atoms. The van der Waals surface area contributed by atoms with E-state index in [1.807, 2.05) is 29.9 Å². The monoisotopic (exact) mass is 299 g/mol.